The van der Waals surface area contributed by atoms with Gasteiger partial charge in [-0.3, -0.25) is 0 Å². The van der Waals surface area contributed by atoms with Gasteiger partial charge in [0.25, 0.3) is 0 Å². The van der Waals surface area contributed by atoms with Gasteiger partial charge in [-0.25, -0.2) is 4.79 Å². The van der Waals surface area contributed by atoms with Crippen molar-refractivity contribution in [2.45, 2.75) is 19.1 Å². The molecule has 7 heteroatoms. The molecular formula is C12H12F2O5. The minimum absolute atomic E-state index is 0.0179. The maximum Gasteiger partial charge on any atom is 0.387 e. The van der Waals surface area contributed by atoms with Crippen molar-refractivity contribution in [3.05, 3.63) is 23.8 Å². The highest BCUT2D eigenvalue weighted by Crippen LogP contribution is 2.31. The van der Waals surface area contributed by atoms with Gasteiger partial charge in [-0.05, 0) is 18.2 Å². The first-order chi connectivity index (χ1) is 9.06. The zero-order valence-electron chi connectivity index (χ0n) is 9.84. The third-order valence-corrected chi connectivity index (χ3v) is 2.59. The van der Waals surface area contributed by atoms with Gasteiger partial charge in [0.15, 0.2) is 11.5 Å². The fourth-order valence-electron chi connectivity index (χ4n) is 1.71. The molecule has 0 saturated carbocycles. The van der Waals surface area contributed by atoms with Crippen LogP contribution in [0.2, 0.25) is 0 Å². The average molecular weight is 274 g/mol. The SMILES string of the molecule is O=C(O)c1ccc(OC(F)F)c(OC2CCOC2)c1. The van der Waals surface area contributed by atoms with E-state index in [9.17, 15) is 13.6 Å². The smallest absolute Gasteiger partial charge is 0.387 e. The lowest BCUT2D eigenvalue weighted by Crippen LogP contribution is -2.17. The molecule has 19 heavy (non-hydrogen) atoms. The van der Waals surface area contributed by atoms with Crippen LogP contribution in [0.25, 0.3) is 0 Å². The third kappa shape index (κ3) is 3.54. The van der Waals surface area contributed by atoms with Crippen LogP contribution in [-0.4, -0.2) is 37.0 Å². The molecular weight excluding hydrogens is 262 g/mol. The van der Waals surface area contributed by atoms with Gasteiger partial charge in [0.2, 0.25) is 0 Å². The van der Waals surface area contributed by atoms with Gasteiger partial charge in [0.05, 0.1) is 18.8 Å². The molecule has 1 aliphatic rings. The van der Waals surface area contributed by atoms with E-state index >= 15 is 0 Å². The summed E-state index contributed by atoms with van der Waals surface area (Å²) in [5, 5.41) is 8.87. The lowest BCUT2D eigenvalue weighted by atomic mass is 10.2. The molecule has 1 atom stereocenters. The molecule has 0 aliphatic carbocycles. The molecule has 0 spiro atoms. The number of aromatic carboxylic acids is 1. The van der Waals surface area contributed by atoms with Gasteiger partial charge in [-0.2, -0.15) is 8.78 Å². The van der Waals surface area contributed by atoms with Crippen molar-refractivity contribution in [3.63, 3.8) is 0 Å². The van der Waals surface area contributed by atoms with Gasteiger partial charge in [-0.1, -0.05) is 0 Å². The van der Waals surface area contributed by atoms with Crippen LogP contribution in [0.15, 0.2) is 18.2 Å². The lowest BCUT2D eigenvalue weighted by molar-refractivity contribution is -0.0521. The van der Waals surface area contributed by atoms with Gasteiger partial charge in [0.1, 0.15) is 6.10 Å². The summed E-state index contributed by atoms with van der Waals surface area (Å²) >= 11 is 0. The predicted octanol–water partition coefficient (Wildman–Crippen LogP) is 2.15. The van der Waals surface area contributed by atoms with Gasteiger partial charge in [-0.15, -0.1) is 0 Å². The summed E-state index contributed by atoms with van der Waals surface area (Å²) in [7, 11) is 0. The van der Waals surface area contributed by atoms with Crippen LogP contribution < -0.4 is 9.47 Å². The van der Waals surface area contributed by atoms with E-state index in [1.807, 2.05) is 0 Å². The number of carbonyl (C=O) groups is 1. The van der Waals surface area contributed by atoms with E-state index < -0.39 is 12.6 Å². The zero-order valence-corrected chi connectivity index (χ0v) is 9.84. The standard InChI is InChI=1S/C12H12F2O5/c13-12(14)19-9-2-1-7(11(15)16)5-10(9)18-8-3-4-17-6-8/h1-2,5,8,12H,3-4,6H2,(H,15,16). The number of halogens is 2. The Bertz CT molecular complexity index is 457. The summed E-state index contributed by atoms with van der Waals surface area (Å²) < 4.78 is 39.4. The number of alkyl halides is 2. The molecule has 2 rings (SSSR count). The van der Waals surface area contributed by atoms with Crippen molar-refractivity contribution in [2.24, 2.45) is 0 Å². The number of carboxylic acids is 1. The van der Waals surface area contributed by atoms with Crippen LogP contribution in [0.1, 0.15) is 16.8 Å². The van der Waals surface area contributed by atoms with Gasteiger partial charge >= 0.3 is 12.6 Å². The molecule has 1 heterocycles. The second-order valence-corrected chi connectivity index (χ2v) is 3.95. The Balaban J connectivity index is 2.23. The molecule has 0 bridgehead atoms. The number of benzene rings is 1. The summed E-state index contributed by atoms with van der Waals surface area (Å²) in [6.07, 6.45) is 0.329. The maximum atomic E-state index is 12.3. The fourth-order valence-corrected chi connectivity index (χ4v) is 1.71. The van der Waals surface area contributed by atoms with Crippen LogP contribution in [0.3, 0.4) is 0 Å². The number of carboxylic acid groups (broad SMARTS) is 1. The highest BCUT2D eigenvalue weighted by Gasteiger charge is 2.21. The first kappa shape index (κ1) is 13.5. The first-order valence-electron chi connectivity index (χ1n) is 5.63. The Hall–Kier alpha value is -1.89. The quantitative estimate of drug-likeness (QED) is 0.891. The molecule has 1 aromatic rings. The average Bonchev–Trinajstić information content (AvgIpc) is 2.83. The summed E-state index contributed by atoms with van der Waals surface area (Å²) in [5.74, 6) is -1.38. The van der Waals surface area contributed by atoms with E-state index in [0.29, 0.717) is 19.6 Å². The van der Waals surface area contributed by atoms with Gasteiger partial charge in [0, 0.05) is 6.42 Å². The second kappa shape index (κ2) is 5.83. The Kier molecular flexibility index (Phi) is 4.16. The van der Waals surface area contributed by atoms with E-state index in [2.05, 4.69) is 4.74 Å². The van der Waals surface area contributed by atoms with E-state index in [-0.39, 0.29) is 23.2 Å². The Morgan fingerprint density at radius 1 is 1.42 bits per heavy atom. The molecule has 1 unspecified atom stereocenters. The second-order valence-electron chi connectivity index (χ2n) is 3.95. The molecule has 0 radical (unpaired) electrons. The van der Waals surface area contributed by atoms with Crippen LogP contribution in [0.5, 0.6) is 11.5 Å². The first-order valence-corrected chi connectivity index (χ1v) is 5.63. The third-order valence-electron chi connectivity index (χ3n) is 2.59. The monoisotopic (exact) mass is 274 g/mol. The summed E-state index contributed by atoms with van der Waals surface area (Å²) in [6, 6.07) is 3.50. The van der Waals surface area contributed by atoms with Crippen LogP contribution >= 0.6 is 0 Å². The Morgan fingerprint density at radius 3 is 2.79 bits per heavy atom. The zero-order chi connectivity index (χ0) is 13.8. The molecule has 5 nitrogen and oxygen atoms in total. The molecule has 1 fully saturated rings. The number of rotatable bonds is 5. The highest BCUT2D eigenvalue weighted by atomic mass is 19.3. The molecule has 1 aromatic carbocycles. The molecule has 104 valence electrons. The van der Waals surface area contributed by atoms with Crippen molar-refractivity contribution >= 4 is 5.97 Å². The van der Waals surface area contributed by atoms with Crippen molar-refractivity contribution in [1.29, 1.82) is 0 Å². The van der Waals surface area contributed by atoms with Crippen LogP contribution in [-0.2, 0) is 4.74 Å². The maximum absolute atomic E-state index is 12.3. The Morgan fingerprint density at radius 2 is 2.21 bits per heavy atom. The summed E-state index contributed by atoms with van der Waals surface area (Å²) in [5.41, 5.74) is -0.0597. The fraction of sp³-hybridized carbons (Fsp3) is 0.417. The number of hydrogen-bond donors (Lipinski definition) is 1. The normalized spacial score (nSPS) is 18.6. The van der Waals surface area contributed by atoms with Crippen molar-refractivity contribution in [2.75, 3.05) is 13.2 Å². The summed E-state index contributed by atoms with van der Waals surface area (Å²) in [6.45, 7) is -2.14. The van der Waals surface area contributed by atoms with E-state index in [4.69, 9.17) is 14.6 Å². The largest absolute Gasteiger partial charge is 0.484 e. The molecule has 1 aliphatic heterocycles. The molecule has 0 aromatic heterocycles. The number of hydrogen-bond acceptors (Lipinski definition) is 4. The molecule has 1 N–H and O–H groups in total. The summed E-state index contributed by atoms with van der Waals surface area (Å²) in [4.78, 5) is 10.9. The van der Waals surface area contributed by atoms with E-state index in [1.165, 1.54) is 12.1 Å². The minimum Gasteiger partial charge on any atom is -0.484 e. The minimum atomic E-state index is -3.00. The van der Waals surface area contributed by atoms with Crippen LogP contribution in [0.4, 0.5) is 8.78 Å². The lowest BCUT2D eigenvalue weighted by Gasteiger charge is -2.16. The number of ether oxygens (including phenoxy) is 3. The van der Waals surface area contributed by atoms with E-state index in [1.54, 1.807) is 0 Å². The van der Waals surface area contributed by atoms with Crippen molar-refractivity contribution in [1.82, 2.24) is 0 Å². The Labute approximate surface area is 107 Å². The van der Waals surface area contributed by atoms with Gasteiger partial charge < -0.3 is 19.3 Å². The molecule has 1 saturated heterocycles. The van der Waals surface area contributed by atoms with Crippen molar-refractivity contribution < 1.29 is 32.9 Å². The van der Waals surface area contributed by atoms with E-state index in [0.717, 1.165) is 6.07 Å². The predicted molar refractivity (Wildman–Crippen MR) is 59.9 cm³/mol. The molecule has 0 amide bonds. The van der Waals surface area contributed by atoms with Crippen LogP contribution in [0, 0.1) is 0 Å². The van der Waals surface area contributed by atoms with Crippen molar-refractivity contribution in [3.8, 4) is 11.5 Å². The highest BCUT2D eigenvalue weighted by molar-refractivity contribution is 5.88. The topological polar surface area (TPSA) is 65.0 Å².